The zero-order valence-corrected chi connectivity index (χ0v) is 14.8. The average Bonchev–Trinajstić information content (AvgIpc) is 3.04. The van der Waals surface area contributed by atoms with Crippen LogP contribution in [0.15, 0.2) is 71.8 Å². The summed E-state index contributed by atoms with van der Waals surface area (Å²) in [6, 6.07) is 16.1. The molecule has 0 unspecified atom stereocenters. The van der Waals surface area contributed by atoms with Gasteiger partial charge in [0.25, 0.3) is 10.0 Å². The van der Waals surface area contributed by atoms with Gasteiger partial charge in [-0.3, -0.25) is 14.5 Å². The Balaban J connectivity index is 1.58. The van der Waals surface area contributed by atoms with Gasteiger partial charge in [-0.05, 0) is 24.3 Å². The molecule has 3 aromatic rings. The number of hydrogen-bond acceptors (Lipinski definition) is 6. The van der Waals surface area contributed by atoms with Crippen LogP contribution in [0.1, 0.15) is 5.69 Å². The van der Waals surface area contributed by atoms with E-state index in [0.717, 1.165) is 0 Å². The lowest BCUT2D eigenvalue weighted by Crippen LogP contribution is -2.12. The third kappa shape index (κ3) is 3.61. The van der Waals surface area contributed by atoms with E-state index in [1.54, 1.807) is 48.5 Å². The van der Waals surface area contributed by atoms with Crippen molar-refractivity contribution < 1.29 is 22.7 Å². The van der Waals surface area contributed by atoms with Gasteiger partial charge in [0, 0.05) is 18.3 Å². The smallest absolute Gasteiger partial charge is 0.317 e. The number of fused-ring (bicyclic) bond motifs is 1. The van der Waals surface area contributed by atoms with Crippen LogP contribution in [0, 0.1) is 0 Å². The number of nitrogens with one attached hydrogen (secondary N) is 1. The van der Waals surface area contributed by atoms with Crippen LogP contribution in [0.4, 0.5) is 5.69 Å². The van der Waals surface area contributed by atoms with Crippen molar-refractivity contribution in [1.82, 2.24) is 4.98 Å². The Labute approximate surface area is 155 Å². The van der Waals surface area contributed by atoms with Crippen molar-refractivity contribution >= 4 is 21.7 Å². The maximum atomic E-state index is 12.4. The predicted molar refractivity (Wildman–Crippen MR) is 97.3 cm³/mol. The molecule has 1 aliphatic heterocycles. The molecular formula is C19H14N2O5S. The topological polar surface area (TPSA) is 94.6 Å². The van der Waals surface area contributed by atoms with E-state index >= 15 is 0 Å². The van der Waals surface area contributed by atoms with Crippen molar-refractivity contribution in [3.05, 3.63) is 72.6 Å². The second-order valence-electron chi connectivity index (χ2n) is 5.78. The van der Waals surface area contributed by atoms with E-state index < -0.39 is 16.0 Å². The lowest BCUT2D eigenvalue weighted by Gasteiger charge is -2.11. The van der Waals surface area contributed by atoms with Gasteiger partial charge in [0.15, 0.2) is 11.5 Å². The molecule has 7 nitrogen and oxygen atoms in total. The number of carbonyl (C=O) groups is 1. The first kappa shape index (κ1) is 17.0. The summed E-state index contributed by atoms with van der Waals surface area (Å²) in [5.41, 5.74) is 0.859. The lowest BCUT2D eigenvalue weighted by atomic mass is 10.2. The van der Waals surface area contributed by atoms with E-state index in [-0.39, 0.29) is 17.1 Å². The maximum Gasteiger partial charge on any atom is 0.317 e. The lowest BCUT2D eigenvalue weighted by molar-refractivity contribution is -0.131. The summed E-state index contributed by atoms with van der Waals surface area (Å²) >= 11 is 0. The Morgan fingerprint density at radius 1 is 1.04 bits per heavy atom. The molecule has 0 saturated carbocycles. The standard InChI is InChI=1S/C19H14N2O5S/c22-18-12-16-19(26-18)17(9-10-20-16)25-14-6-4-5-13(11-14)21-27(23,24)15-7-2-1-3-8-15/h1-11,21H,12H2. The molecule has 0 amide bonds. The first-order chi connectivity index (χ1) is 13.0. The van der Waals surface area contributed by atoms with Crippen LogP contribution < -0.4 is 14.2 Å². The molecule has 0 spiro atoms. The number of sulfonamides is 1. The molecule has 0 atom stereocenters. The number of ether oxygens (including phenoxy) is 2. The summed E-state index contributed by atoms with van der Waals surface area (Å²) in [7, 11) is -3.70. The molecule has 27 heavy (non-hydrogen) atoms. The monoisotopic (exact) mass is 382 g/mol. The third-order valence-corrected chi connectivity index (χ3v) is 5.23. The Morgan fingerprint density at radius 2 is 1.85 bits per heavy atom. The van der Waals surface area contributed by atoms with Crippen molar-refractivity contribution in [1.29, 1.82) is 0 Å². The number of pyridine rings is 1. The molecule has 0 saturated heterocycles. The van der Waals surface area contributed by atoms with Gasteiger partial charge in [-0.15, -0.1) is 0 Å². The number of hydrogen-bond donors (Lipinski definition) is 1. The van der Waals surface area contributed by atoms with Crippen molar-refractivity contribution in [2.75, 3.05) is 4.72 Å². The molecule has 2 heterocycles. The van der Waals surface area contributed by atoms with E-state index in [4.69, 9.17) is 9.47 Å². The molecule has 1 aliphatic rings. The highest BCUT2D eigenvalue weighted by Crippen LogP contribution is 2.37. The summed E-state index contributed by atoms with van der Waals surface area (Å²) in [5, 5.41) is 0. The summed E-state index contributed by atoms with van der Waals surface area (Å²) < 4.78 is 38.3. The fourth-order valence-electron chi connectivity index (χ4n) is 2.64. The zero-order chi connectivity index (χ0) is 18.9. The van der Waals surface area contributed by atoms with Crippen LogP contribution in [0.25, 0.3) is 0 Å². The second kappa shape index (κ2) is 6.73. The van der Waals surface area contributed by atoms with E-state index in [0.29, 0.717) is 22.9 Å². The number of aromatic nitrogens is 1. The molecule has 0 aliphatic carbocycles. The van der Waals surface area contributed by atoms with E-state index in [2.05, 4.69) is 9.71 Å². The Bertz CT molecular complexity index is 1110. The molecule has 0 fully saturated rings. The van der Waals surface area contributed by atoms with Gasteiger partial charge in [0.1, 0.15) is 5.75 Å². The number of rotatable bonds is 5. The van der Waals surface area contributed by atoms with Gasteiger partial charge in [-0.2, -0.15) is 0 Å². The highest BCUT2D eigenvalue weighted by atomic mass is 32.2. The zero-order valence-electron chi connectivity index (χ0n) is 14.0. The quantitative estimate of drug-likeness (QED) is 0.681. The van der Waals surface area contributed by atoms with Crippen molar-refractivity contribution in [2.24, 2.45) is 0 Å². The van der Waals surface area contributed by atoms with Gasteiger partial charge in [0.05, 0.1) is 22.7 Å². The average molecular weight is 382 g/mol. The highest BCUT2D eigenvalue weighted by molar-refractivity contribution is 7.92. The second-order valence-corrected chi connectivity index (χ2v) is 7.47. The third-order valence-electron chi connectivity index (χ3n) is 3.84. The molecule has 1 N–H and O–H groups in total. The minimum Gasteiger partial charge on any atom is -0.453 e. The minimum atomic E-state index is -3.70. The van der Waals surface area contributed by atoms with Gasteiger partial charge in [-0.25, -0.2) is 8.42 Å². The Morgan fingerprint density at radius 3 is 2.67 bits per heavy atom. The van der Waals surface area contributed by atoms with E-state index in [1.807, 2.05) is 0 Å². The summed E-state index contributed by atoms with van der Waals surface area (Å²) in [4.78, 5) is 15.7. The molecule has 0 radical (unpaired) electrons. The summed E-state index contributed by atoms with van der Waals surface area (Å²) in [6.45, 7) is 0. The van der Waals surface area contributed by atoms with Gasteiger partial charge in [0.2, 0.25) is 0 Å². The molecule has 4 rings (SSSR count). The van der Waals surface area contributed by atoms with Crippen LogP contribution in [-0.4, -0.2) is 19.4 Å². The first-order valence-electron chi connectivity index (χ1n) is 8.06. The minimum absolute atomic E-state index is 0.101. The number of nitrogens with zero attached hydrogens (tertiary/aromatic N) is 1. The first-order valence-corrected chi connectivity index (χ1v) is 9.54. The van der Waals surface area contributed by atoms with Crippen molar-refractivity contribution in [3.8, 4) is 17.2 Å². The van der Waals surface area contributed by atoms with Crippen molar-refractivity contribution in [3.63, 3.8) is 0 Å². The van der Waals surface area contributed by atoms with E-state index in [9.17, 15) is 13.2 Å². The van der Waals surface area contributed by atoms with Gasteiger partial charge >= 0.3 is 5.97 Å². The molecule has 0 bridgehead atoms. The number of carbonyl (C=O) groups excluding carboxylic acids is 1. The molecule has 2 aromatic carbocycles. The summed E-state index contributed by atoms with van der Waals surface area (Å²) in [5.74, 6) is 0.629. The highest BCUT2D eigenvalue weighted by Gasteiger charge is 2.26. The summed E-state index contributed by atoms with van der Waals surface area (Å²) in [6.07, 6.45) is 1.63. The predicted octanol–water partition coefficient (Wildman–Crippen LogP) is 3.14. The molecule has 8 heteroatoms. The van der Waals surface area contributed by atoms with Crippen LogP contribution in [0.5, 0.6) is 17.2 Å². The largest absolute Gasteiger partial charge is 0.453 e. The normalized spacial score (nSPS) is 13.0. The van der Waals surface area contributed by atoms with Crippen molar-refractivity contribution in [2.45, 2.75) is 11.3 Å². The van der Waals surface area contributed by atoms with Crippen LogP contribution in [0.3, 0.4) is 0 Å². The van der Waals surface area contributed by atoms with Gasteiger partial charge in [-0.1, -0.05) is 24.3 Å². The number of benzene rings is 2. The number of esters is 1. The Hall–Kier alpha value is -3.39. The van der Waals surface area contributed by atoms with Crippen LogP contribution in [0.2, 0.25) is 0 Å². The fraction of sp³-hybridized carbons (Fsp3) is 0.0526. The van der Waals surface area contributed by atoms with Crippen LogP contribution in [-0.2, 0) is 21.2 Å². The molecule has 1 aromatic heterocycles. The van der Waals surface area contributed by atoms with Gasteiger partial charge < -0.3 is 9.47 Å². The van der Waals surface area contributed by atoms with E-state index in [1.165, 1.54) is 18.3 Å². The van der Waals surface area contributed by atoms with Crippen LogP contribution >= 0.6 is 0 Å². The SMILES string of the molecule is O=C1Cc2nccc(Oc3cccc(NS(=O)(=O)c4ccccc4)c3)c2O1. The Kier molecular flexibility index (Phi) is 4.25. The molecular weight excluding hydrogens is 368 g/mol. The number of anilines is 1. The maximum absolute atomic E-state index is 12.4. The molecule has 136 valence electrons. The fourth-order valence-corrected chi connectivity index (χ4v) is 3.71.